The van der Waals surface area contributed by atoms with E-state index >= 15 is 0 Å². The van der Waals surface area contributed by atoms with Crippen LogP contribution in [0.2, 0.25) is 0 Å². The van der Waals surface area contributed by atoms with E-state index in [2.05, 4.69) is 31.8 Å². The fourth-order valence-corrected chi connectivity index (χ4v) is 2.40. The average molecular weight is 320 g/mol. The number of nitrogens with zero attached hydrogens (tertiary/aromatic N) is 5. The Hall–Kier alpha value is -3.02. The summed E-state index contributed by atoms with van der Waals surface area (Å²) in [5, 5.41) is 0. The number of nitrogens with two attached hydrogens (primary N) is 1. The fourth-order valence-electron chi connectivity index (χ4n) is 2.40. The molecule has 0 saturated heterocycles. The van der Waals surface area contributed by atoms with E-state index in [9.17, 15) is 0 Å². The van der Waals surface area contributed by atoms with E-state index in [1.165, 1.54) is 0 Å². The third-order valence-electron chi connectivity index (χ3n) is 3.62. The molecule has 2 heterocycles. The molecule has 1 aromatic carbocycles. The van der Waals surface area contributed by atoms with Gasteiger partial charge in [0.05, 0.1) is 0 Å². The van der Waals surface area contributed by atoms with Crippen molar-refractivity contribution in [3.8, 4) is 11.4 Å². The third-order valence-corrected chi connectivity index (χ3v) is 3.62. The van der Waals surface area contributed by atoms with Crippen LogP contribution < -0.4 is 10.6 Å². The molecule has 24 heavy (non-hydrogen) atoms. The zero-order valence-electron chi connectivity index (χ0n) is 13.6. The van der Waals surface area contributed by atoms with Gasteiger partial charge in [-0.2, -0.15) is 15.0 Å². The predicted molar refractivity (Wildman–Crippen MR) is 95.8 cm³/mol. The van der Waals surface area contributed by atoms with Crippen molar-refractivity contribution in [3.63, 3.8) is 0 Å². The van der Waals surface area contributed by atoms with Gasteiger partial charge in [0.2, 0.25) is 11.9 Å². The van der Waals surface area contributed by atoms with Gasteiger partial charge in [-0.15, -0.1) is 0 Å². The second kappa shape index (κ2) is 7.50. The van der Waals surface area contributed by atoms with E-state index in [-0.39, 0.29) is 5.95 Å². The van der Waals surface area contributed by atoms with Crippen molar-refractivity contribution in [2.75, 3.05) is 17.2 Å². The number of anilines is 3. The Morgan fingerprint density at radius 3 is 2.42 bits per heavy atom. The summed E-state index contributed by atoms with van der Waals surface area (Å²) in [7, 11) is 0. The van der Waals surface area contributed by atoms with Crippen LogP contribution in [0.1, 0.15) is 19.8 Å². The molecule has 0 radical (unpaired) electrons. The number of benzene rings is 1. The van der Waals surface area contributed by atoms with Gasteiger partial charge in [0.25, 0.3) is 0 Å². The van der Waals surface area contributed by atoms with Crippen LogP contribution in [0.25, 0.3) is 11.4 Å². The minimum atomic E-state index is 0.217. The van der Waals surface area contributed by atoms with Crippen LogP contribution in [-0.4, -0.2) is 26.5 Å². The highest BCUT2D eigenvalue weighted by Gasteiger charge is 2.15. The molecule has 0 saturated carbocycles. The molecule has 0 spiro atoms. The van der Waals surface area contributed by atoms with E-state index in [0.717, 1.165) is 30.6 Å². The van der Waals surface area contributed by atoms with Crippen molar-refractivity contribution in [3.05, 3.63) is 54.9 Å². The standard InChI is InChI=1S/C18H20N6/c1-2-3-13-24(15-9-11-20-12-10-15)18-22-16(21-17(19)23-18)14-7-5-4-6-8-14/h4-12H,2-3,13H2,1H3,(H2,19,21,22,23). The van der Waals surface area contributed by atoms with Crippen molar-refractivity contribution >= 4 is 17.6 Å². The highest BCUT2D eigenvalue weighted by atomic mass is 15.3. The molecule has 0 amide bonds. The predicted octanol–water partition coefficient (Wildman–Crippen LogP) is 3.45. The Bertz CT molecular complexity index is 776. The SMILES string of the molecule is CCCCN(c1ccncc1)c1nc(N)nc(-c2ccccc2)n1. The topological polar surface area (TPSA) is 80.8 Å². The second-order valence-electron chi connectivity index (χ2n) is 5.39. The molecule has 0 atom stereocenters. The van der Waals surface area contributed by atoms with Crippen LogP contribution in [0, 0.1) is 0 Å². The molecule has 0 bridgehead atoms. The summed E-state index contributed by atoms with van der Waals surface area (Å²) < 4.78 is 0. The first kappa shape index (κ1) is 15.9. The lowest BCUT2D eigenvalue weighted by molar-refractivity contribution is 0.769. The molecule has 122 valence electrons. The maximum Gasteiger partial charge on any atom is 0.235 e. The van der Waals surface area contributed by atoms with Gasteiger partial charge in [0.15, 0.2) is 5.82 Å². The van der Waals surface area contributed by atoms with Crippen LogP contribution in [0.4, 0.5) is 17.6 Å². The average Bonchev–Trinajstić information content (AvgIpc) is 2.63. The molecule has 0 aliphatic heterocycles. The lowest BCUT2D eigenvalue weighted by Crippen LogP contribution is -2.22. The minimum absolute atomic E-state index is 0.217. The monoisotopic (exact) mass is 320 g/mol. The number of hydrogen-bond acceptors (Lipinski definition) is 6. The highest BCUT2D eigenvalue weighted by Crippen LogP contribution is 2.25. The summed E-state index contributed by atoms with van der Waals surface area (Å²) >= 11 is 0. The van der Waals surface area contributed by atoms with Gasteiger partial charge >= 0.3 is 0 Å². The molecule has 6 heteroatoms. The molecule has 2 N–H and O–H groups in total. The molecular weight excluding hydrogens is 300 g/mol. The van der Waals surface area contributed by atoms with Crippen LogP contribution in [-0.2, 0) is 0 Å². The van der Waals surface area contributed by atoms with Gasteiger partial charge in [-0.05, 0) is 18.6 Å². The Labute approximate surface area is 141 Å². The van der Waals surface area contributed by atoms with Crippen LogP contribution in [0.5, 0.6) is 0 Å². The van der Waals surface area contributed by atoms with Gasteiger partial charge in [0, 0.05) is 30.2 Å². The summed E-state index contributed by atoms with van der Waals surface area (Å²) in [6, 6.07) is 13.7. The zero-order valence-corrected chi connectivity index (χ0v) is 13.6. The van der Waals surface area contributed by atoms with Crippen molar-refractivity contribution in [2.45, 2.75) is 19.8 Å². The van der Waals surface area contributed by atoms with Crippen molar-refractivity contribution in [1.29, 1.82) is 0 Å². The van der Waals surface area contributed by atoms with E-state index in [0.29, 0.717) is 11.8 Å². The van der Waals surface area contributed by atoms with Gasteiger partial charge in [-0.3, -0.25) is 4.98 Å². The van der Waals surface area contributed by atoms with E-state index in [1.54, 1.807) is 12.4 Å². The van der Waals surface area contributed by atoms with Crippen molar-refractivity contribution in [1.82, 2.24) is 19.9 Å². The van der Waals surface area contributed by atoms with E-state index < -0.39 is 0 Å². The molecule has 3 rings (SSSR count). The Kier molecular flexibility index (Phi) is 4.96. The lowest BCUT2D eigenvalue weighted by Gasteiger charge is -2.22. The maximum absolute atomic E-state index is 5.94. The summed E-state index contributed by atoms with van der Waals surface area (Å²) in [6.07, 6.45) is 5.62. The van der Waals surface area contributed by atoms with Crippen LogP contribution in [0.15, 0.2) is 54.9 Å². The molecule has 0 aliphatic carbocycles. The normalized spacial score (nSPS) is 10.5. The smallest absolute Gasteiger partial charge is 0.235 e. The second-order valence-corrected chi connectivity index (χ2v) is 5.39. The largest absolute Gasteiger partial charge is 0.368 e. The molecule has 3 aromatic rings. The Morgan fingerprint density at radius 2 is 1.71 bits per heavy atom. The summed E-state index contributed by atoms with van der Waals surface area (Å²) in [6.45, 7) is 2.96. The number of aromatic nitrogens is 4. The summed E-state index contributed by atoms with van der Waals surface area (Å²) in [5.74, 6) is 1.35. The fraction of sp³-hybridized carbons (Fsp3) is 0.222. The third kappa shape index (κ3) is 3.65. The van der Waals surface area contributed by atoms with E-state index in [1.807, 2.05) is 42.5 Å². The minimum Gasteiger partial charge on any atom is -0.368 e. The first-order chi connectivity index (χ1) is 11.8. The Morgan fingerprint density at radius 1 is 0.958 bits per heavy atom. The molecule has 0 fully saturated rings. The first-order valence-electron chi connectivity index (χ1n) is 8.02. The molecule has 2 aromatic heterocycles. The first-order valence-corrected chi connectivity index (χ1v) is 8.02. The molecule has 6 nitrogen and oxygen atoms in total. The molecule has 0 unspecified atom stereocenters. The number of pyridine rings is 1. The Balaban J connectivity index is 2.03. The lowest BCUT2D eigenvalue weighted by atomic mass is 10.2. The van der Waals surface area contributed by atoms with Gasteiger partial charge < -0.3 is 10.6 Å². The van der Waals surface area contributed by atoms with Crippen LogP contribution >= 0.6 is 0 Å². The van der Waals surface area contributed by atoms with Crippen molar-refractivity contribution in [2.24, 2.45) is 0 Å². The summed E-state index contributed by atoms with van der Waals surface area (Å²) in [4.78, 5) is 19.4. The number of unbranched alkanes of at least 4 members (excludes halogenated alkanes) is 1. The molecule has 0 aliphatic rings. The van der Waals surface area contributed by atoms with Crippen LogP contribution in [0.3, 0.4) is 0 Å². The van der Waals surface area contributed by atoms with Crippen molar-refractivity contribution < 1.29 is 0 Å². The highest BCUT2D eigenvalue weighted by molar-refractivity contribution is 5.62. The van der Waals surface area contributed by atoms with Gasteiger partial charge in [0.1, 0.15) is 0 Å². The number of nitrogen functional groups attached to an aromatic ring is 1. The van der Waals surface area contributed by atoms with Gasteiger partial charge in [-0.25, -0.2) is 0 Å². The maximum atomic E-state index is 5.94. The number of hydrogen-bond donors (Lipinski definition) is 1. The van der Waals surface area contributed by atoms with Gasteiger partial charge in [-0.1, -0.05) is 43.7 Å². The zero-order chi connectivity index (χ0) is 16.8. The van der Waals surface area contributed by atoms with E-state index in [4.69, 9.17) is 5.73 Å². The molecular formula is C18H20N6. The quantitative estimate of drug-likeness (QED) is 0.749. The summed E-state index contributed by atoms with van der Waals surface area (Å²) in [5.41, 5.74) is 7.84. The number of rotatable bonds is 6.